The fourth-order valence-electron chi connectivity index (χ4n) is 2.30. The lowest BCUT2D eigenvalue weighted by Gasteiger charge is -2.13. The van der Waals surface area contributed by atoms with E-state index in [0.29, 0.717) is 27.8 Å². The first kappa shape index (κ1) is 16.8. The number of aromatic nitrogens is 1. The maximum Gasteiger partial charge on any atom is 0.259 e. The van der Waals surface area contributed by atoms with Gasteiger partial charge in [-0.2, -0.15) is 0 Å². The standard InChI is InChI=1S/C19H16ClN3O2/c1-25-17-7-3-2-6-16(17)23-19(24)15-5-4-12-21-18(15)22-14-10-8-13(20)9-11-14/h2-12H,1H3,(H,21,22)(H,23,24). The smallest absolute Gasteiger partial charge is 0.259 e. The average Bonchev–Trinajstić information content (AvgIpc) is 2.64. The number of rotatable bonds is 5. The Labute approximate surface area is 150 Å². The van der Waals surface area contributed by atoms with Gasteiger partial charge in [0.25, 0.3) is 5.91 Å². The molecule has 0 aliphatic carbocycles. The topological polar surface area (TPSA) is 63.2 Å². The highest BCUT2D eigenvalue weighted by Gasteiger charge is 2.14. The predicted octanol–water partition coefficient (Wildman–Crippen LogP) is 4.74. The van der Waals surface area contributed by atoms with E-state index in [-0.39, 0.29) is 5.91 Å². The second-order valence-electron chi connectivity index (χ2n) is 5.19. The van der Waals surface area contributed by atoms with Crippen LogP contribution in [0.2, 0.25) is 5.02 Å². The van der Waals surface area contributed by atoms with Crippen molar-refractivity contribution < 1.29 is 9.53 Å². The Morgan fingerprint density at radius 3 is 2.56 bits per heavy atom. The first-order valence-electron chi connectivity index (χ1n) is 7.59. The molecule has 0 aliphatic heterocycles. The number of nitrogens with zero attached hydrogens (tertiary/aromatic N) is 1. The zero-order valence-corrected chi connectivity index (χ0v) is 14.2. The van der Waals surface area contributed by atoms with Crippen molar-refractivity contribution in [3.05, 3.63) is 77.4 Å². The van der Waals surface area contributed by atoms with E-state index in [1.54, 1.807) is 49.7 Å². The highest BCUT2D eigenvalue weighted by atomic mass is 35.5. The van der Waals surface area contributed by atoms with Gasteiger partial charge < -0.3 is 15.4 Å². The van der Waals surface area contributed by atoms with Crippen molar-refractivity contribution in [3.8, 4) is 5.75 Å². The van der Waals surface area contributed by atoms with E-state index >= 15 is 0 Å². The third-order valence-corrected chi connectivity index (χ3v) is 3.77. The number of methoxy groups -OCH3 is 1. The summed E-state index contributed by atoms with van der Waals surface area (Å²) in [5.74, 6) is 0.762. The van der Waals surface area contributed by atoms with Gasteiger partial charge >= 0.3 is 0 Å². The number of hydrogen-bond acceptors (Lipinski definition) is 4. The van der Waals surface area contributed by atoms with Crippen LogP contribution in [0.5, 0.6) is 5.75 Å². The van der Waals surface area contributed by atoms with Gasteiger partial charge in [-0.1, -0.05) is 23.7 Å². The van der Waals surface area contributed by atoms with Crippen molar-refractivity contribution in [2.75, 3.05) is 17.7 Å². The Hall–Kier alpha value is -3.05. The molecule has 0 fully saturated rings. The van der Waals surface area contributed by atoms with Crippen molar-refractivity contribution in [2.45, 2.75) is 0 Å². The van der Waals surface area contributed by atoms with E-state index in [0.717, 1.165) is 5.69 Å². The van der Waals surface area contributed by atoms with Crippen LogP contribution >= 0.6 is 11.6 Å². The number of nitrogens with one attached hydrogen (secondary N) is 2. The van der Waals surface area contributed by atoms with E-state index in [1.165, 1.54) is 0 Å². The summed E-state index contributed by atoms with van der Waals surface area (Å²) in [6, 6.07) is 17.8. The number of pyridine rings is 1. The lowest BCUT2D eigenvalue weighted by molar-refractivity contribution is 0.102. The van der Waals surface area contributed by atoms with E-state index in [2.05, 4.69) is 15.6 Å². The number of amides is 1. The van der Waals surface area contributed by atoms with Gasteiger partial charge in [0.1, 0.15) is 11.6 Å². The normalized spacial score (nSPS) is 10.2. The molecule has 2 aromatic carbocycles. The molecule has 2 N–H and O–H groups in total. The van der Waals surface area contributed by atoms with Gasteiger partial charge in [0, 0.05) is 16.9 Å². The summed E-state index contributed by atoms with van der Waals surface area (Å²) in [5.41, 5.74) is 1.80. The molecule has 0 aliphatic rings. The number of para-hydroxylation sites is 2. The molecule has 0 unspecified atom stereocenters. The van der Waals surface area contributed by atoms with Crippen molar-refractivity contribution in [1.29, 1.82) is 0 Å². The van der Waals surface area contributed by atoms with Gasteiger partial charge in [0.05, 0.1) is 18.4 Å². The molecular weight excluding hydrogens is 338 g/mol. The summed E-state index contributed by atoms with van der Waals surface area (Å²) >= 11 is 5.90. The molecule has 1 aromatic heterocycles. The number of benzene rings is 2. The second kappa shape index (κ2) is 7.68. The highest BCUT2D eigenvalue weighted by Crippen LogP contribution is 2.25. The zero-order chi connectivity index (χ0) is 17.6. The predicted molar refractivity (Wildman–Crippen MR) is 99.9 cm³/mol. The summed E-state index contributed by atoms with van der Waals surface area (Å²) in [4.78, 5) is 16.9. The molecule has 0 saturated heterocycles. The fourth-order valence-corrected chi connectivity index (χ4v) is 2.42. The van der Waals surface area contributed by atoms with Crippen LogP contribution in [-0.4, -0.2) is 18.0 Å². The number of ether oxygens (including phenoxy) is 1. The Morgan fingerprint density at radius 2 is 1.80 bits per heavy atom. The monoisotopic (exact) mass is 353 g/mol. The molecule has 126 valence electrons. The van der Waals surface area contributed by atoms with Crippen LogP contribution in [0.25, 0.3) is 0 Å². The summed E-state index contributed by atoms with van der Waals surface area (Å²) in [6.45, 7) is 0. The minimum absolute atomic E-state index is 0.283. The van der Waals surface area contributed by atoms with Gasteiger partial charge in [0.2, 0.25) is 0 Å². The first-order valence-corrected chi connectivity index (χ1v) is 7.97. The number of hydrogen-bond donors (Lipinski definition) is 2. The molecule has 3 aromatic rings. The van der Waals surface area contributed by atoms with Crippen LogP contribution in [0.4, 0.5) is 17.2 Å². The van der Waals surface area contributed by atoms with Gasteiger partial charge in [-0.25, -0.2) is 4.98 Å². The van der Waals surface area contributed by atoms with E-state index < -0.39 is 0 Å². The van der Waals surface area contributed by atoms with Crippen molar-refractivity contribution in [3.63, 3.8) is 0 Å². The third-order valence-electron chi connectivity index (χ3n) is 3.51. The fraction of sp³-hybridized carbons (Fsp3) is 0.0526. The molecule has 0 radical (unpaired) electrons. The molecule has 5 nitrogen and oxygen atoms in total. The van der Waals surface area contributed by atoms with Crippen LogP contribution < -0.4 is 15.4 Å². The molecule has 0 spiro atoms. The minimum atomic E-state index is -0.283. The summed E-state index contributed by atoms with van der Waals surface area (Å²) in [7, 11) is 1.56. The average molecular weight is 354 g/mol. The maximum atomic E-state index is 12.7. The SMILES string of the molecule is COc1ccccc1NC(=O)c1cccnc1Nc1ccc(Cl)cc1. The van der Waals surface area contributed by atoms with Gasteiger partial charge in [-0.3, -0.25) is 4.79 Å². The van der Waals surface area contributed by atoms with Crippen molar-refractivity contribution in [2.24, 2.45) is 0 Å². The molecule has 1 heterocycles. The maximum absolute atomic E-state index is 12.7. The van der Waals surface area contributed by atoms with Crippen LogP contribution in [0.1, 0.15) is 10.4 Å². The lowest BCUT2D eigenvalue weighted by Crippen LogP contribution is -2.15. The number of carbonyl (C=O) groups is 1. The number of carbonyl (C=O) groups excluding carboxylic acids is 1. The third kappa shape index (κ3) is 4.08. The van der Waals surface area contributed by atoms with Crippen LogP contribution in [0.3, 0.4) is 0 Å². The molecular formula is C19H16ClN3O2. The molecule has 0 bridgehead atoms. The van der Waals surface area contributed by atoms with Crippen LogP contribution in [0, 0.1) is 0 Å². The van der Waals surface area contributed by atoms with Gasteiger partial charge in [0.15, 0.2) is 0 Å². The van der Waals surface area contributed by atoms with E-state index in [9.17, 15) is 4.79 Å². The molecule has 25 heavy (non-hydrogen) atoms. The summed E-state index contributed by atoms with van der Waals surface area (Å²) in [6.07, 6.45) is 1.62. The van der Waals surface area contributed by atoms with Gasteiger partial charge in [-0.05, 0) is 48.5 Å². The number of halogens is 1. The van der Waals surface area contributed by atoms with Crippen LogP contribution in [0.15, 0.2) is 66.9 Å². The molecule has 3 rings (SSSR count). The molecule has 0 saturated carbocycles. The summed E-state index contributed by atoms with van der Waals surface area (Å²) < 4.78 is 5.26. The summed E-state index contributed by atoms with van der Waals surface area (Å²) in [5, 5.41) is 6.62. The largest absolute Gasteiger partial charge is 0.495 e. The highest BCUT2D eigenvalue weighted by molar-refractivity contribution is 6.30. The van der Waals surface area contributed by atoms with Gasteiger partial charge in [-0.15, -0.1) is 0 Å². The Balaban J connectivity index is 1.84. The molecule has 0 atom stereocenters. The Kier molecular flexibility index (Phi) is 5.16. The first-order chi connectivity index (χ1) is 12.2. The molecule has 1 amide bonds. The molecule has 6 heteroatoms. The zero-order valence-electron chi connectivity index (χ0n) is 13.5. The van der Waals surface area contributed by atoms with Crippen molar-refractivity contribution >= 4 is 34.7 Å². The second-order valence-corrected chi connectivity index (χ2v) is 5.62. The minimum Gasteiger partial charge on any atom is -0.495 e. The quantitative estimate of drug-likeness (QED) is 0.695. The number of anilines is 3. The van der Waals surface area contributed by atoms with Crippen LogP contribution in [-0.2, 0) is 0 Å². The van der Waals surface area contributed by atoms with E-state index in [1.807, 2.05) is 24.3 Å². The lowest BCUT2D eigenvalue weighted by atomic mass is 10.2. The van der Waals surface area contributed by atoms with Crippen molar-refractivity contribution in [1.82, 2.24) is 4.98 Å². The Morgan fingerprint density at radius 1 is 1.04 bits per heavy atom. The van der Waals surface area contributed by atoms with E-state index in [4.69, 9.17) is 16.3 Å². The Bertz CT molecular complexity index is 882.